The zero-order valence-electron chi connectivity index (χ0n) is 10.1. The van der Waals surface area contributed by atoms with E-state index in [9.17, 15) is 0 Å². The molecule has 96 valence electrons. The SMILES string of the molecule is Cc1ccc2nc(Nc3ccc(Cl)cc3Cl)sc2c1. The number of benzene rings is 2. The summed E-state index contributed by atoms with van der Waals surface area (Å²) >= 11 is 13.6. The van der Waals surface area contributed by atoms with Gasteiger partial charge in [-0.05, 0) is 42.8 Å². The number of nitrogens with one attached hydrogen (secondary N) is 1. The zero-order chi connectivity index (χ0) is 13.4. The van der Waals surface area contributed by atoms with Crippen molar-refractivity contribution in [2.75, 3.05) is 5.32 Å². The molecule has 0 bridgehead atoms. The molecule has 0 atom stereocenters. The molecule has 0 spiro atoms. The Morgan fingerprint density at radius 1 is 1.11 bits per heavy atom. The van der Waals surface area contributed by atoms with Gasteiger partial charge in [0.25, 0.3) is 0 Å². The third-order valence-electron chi connectivity index (χ3n) is 2.72. The fourth-order valence-electron chi connectivity index (χ4n) is 1.79. The van der Waals surface area contributed by atoms with Gasteiger partial charge in [-0.2, -0.15) is 0 Å². The van der Waals surface area contributed by atoms with Crippen LogP contribution in [0.1, 0.15) is 5.56 Å². The highest BCUT2D eigenvalue weighted by atomic mass is 35.5. The predicted molar refractivity (Wildman–Crippen MR) is 84.1 cm³/mol. The maximum Gasteiger partial charge on any atom is 0.188 e. The van der Waals surface area contributed by atoms with Gasteiger partial charge in [-0.25, -0.2) is 4.98 Å². The number of rotatable bonds is 2. The zero-order valence-corrected chi connectivity index (χ0v) is 12.4. The normalized spacial score (nSPS) is 10.9. The van der Waals surface area contributed by atoms with Crippen LogP contribution in [-0.4, -0.2) is 4.98 Å². The lowest BCUT2D eigenvalue weighted by molar-refractivity contribution is 1.43. The van der Waals surface area contributed by atoms with E-state index in [4.69, 9.17) is 23.2 Å². The largest absolute Gasteiger partial charge is 0.330 e. The van der Waals surface area contributed by atoms with Gasteiger partial charge in [-0.3, -0.25) is 0 Å². The Labute approximate surface area is 125 Å². The minimum atomic E-state index is 0.586. The van der Waals surface area contributed by atoms with Crippen LogP contribution in [0.5, 0.6) is 0 Å². The van der Waals surface area contributed by atoms with E-state index < -0.39 is 0 Å². The second kappa shape index (κ2) is 5.00. The van der Waals surface area contributed by atoms with Crippen LogP contribution < -0.4 is 5.32 Å². The van der Waals surface area contributed by atoms with Crippen LogP contribution in [0.2, 0.25) is 10.0 Å². The van der Waals surface area contributed by atoms with Gasteiger partial charge < -0.3 is 5.32 Å². The Morgan fingerprint density at radius 3 is 2.74 bits per heavy atom. The molecule has 3 rings (SSSR count). The van der Waals surface area contributed by atoms with Gasteiger partial charge in [0.15, 0.2) is 5.13 Å². The average Bonchev–Trinajstić information content (AvgIpc) is 2.74. The van der Waals surface area contributed by atoms with Gasteiger partial charge >= 0.3 is 0 Å². The van der Waals surface area contributed by atoms with E-state index in [2.05, 4.69) is 29.4 Å². The summed E-state index contributed by atoms with van der Waals surface area (Å²) in [4.78, 5) is 4.53. The van der Waals surface area contributed by atoms with Crippen molar-refractivity contribution in [1.82, 2.24) is 4.98 Å². The molecule has 1 heterocycles. The topological polar surface area (TPSA) is 24.9 Å². The maximum atomic E-state index is 6.13. The van der Waals surface area contributed by atoms with Gasteiger partial charge in [-0.1, -0.05) is 40.6 Å². The Bertz CT molecular complexity index is 752. The highest BCUT2D eigenvalue weighted by molar-refractivity contribution is 7.22. The highest BCUT2D eigenvalue weighted by Crippen LogP contribution is 2.32. The van der Waals surface area contributed by atoms with Crippen molar-refractivity contribution in [3.63, 3.8) is 0 Å². The molecule has 2 nitrogen and oxygen atoms in total. The molecule has 0 amide bonds. The van der Waals surface area contributed by atoms with Crippen LogP contribution >= 0.6 is 34.5 Å². The van der Waals surface area contributed by atoms with Gasteiger partial charge in [0.1, 0.15) is 0 Å². The molecule has 0 unspecified atom stereocenters. The summed E-state index contributed by atoms with van der Waals surface area (Å²) in [5, 5.41) is 5.26. The molecule has 3 aromatic rings. The molecule has 0 radical (unpaired) electrons. The third kappa shape index (κ3) is 2.68. The third-order valence-corrected chi connectivity index (χ3v) is 4.20. The van der Waals surface area contributed by atoms with E-state index in [0.29, 0.717) is 10.0 Å². The van der Waals surface area contributed by atoms with Crippen LogP contribution in [0.3, 0.4) is 0 Å². The first-order chi connectivity index (χ1) is 9.11. The van der Waals surface area contributed by atoms with Gasteiger partial charge in [0.2, 0.25) is 0 Å². The van der Waals surface area contributed by atoms with E-state index in [1.54, 1.807) is 23.5 Å². The van der Waals surface area contributed by atoms with Crippen LogP contribution in [0.15, 0.2) is 36.4 Å². The molecule has 1 N–H and O–H groups in total. The molecule has 0 aliphatic heterocycles. The molecular weight excluding hydrogens is 299 g/mol. The van der Waals surface area contributed by atoms with E-state index in [1.165, 1.54) is 5.56 Å². The van der Waals surface area contributed by atoms with E-state index in [-0.39, 0.29) is 0 Å². The fraction of sp³-hybridized carbons (Fsp3) is 0.0714. The second-order valence-corrected chi connectivity index (χ2v) is 6.11. The van der Waals surface area contributed by atoms with Crippen molar-refractivity contribution >= 4 is 55.6 Å². The minimum absolute atomic E-state index is 0.586. The number of fused-ring (bicyclic) bond motifs is 1. The standard InChI is InChI=1S/C14H10Cl2N2S/c1-8-2-4-12-13(6-8)19-14(18-12)17-11-5-3-9(15)7-10(11)16/h2-7H,1H3,(H,17,18). The van der Waals surface area contributed by atoms with E-state index in [1.807, 2.05) is 12.1 Å². The molecule has 0 fully saturated rings. The first-order valence-electron chi connectivity index (χ1n) is 5.71. The van der Waals surface area contributed by atoms with Crippen LogP contribution in [0.25, 0.3) is 10.2 Å². The minimum Gasteiger partial charge on any atom is -0.330 e. The quantitative estimate of drug-likeness (QED) is 0.661. The summed E-state index contributed by atoms with van der Waals surface area (Å²) in [6, 6.07) is 11.6. The van der Waals surface area contributed by atoms with Gasteiger partial charge in [-0.15, -0.1) is 0 Å². The number of hydrogen-bond acceptors (Lipinski definition) is 3. The maximum absolute atomic E-state index is 6.13. The number of thiazole rings is 1. The molecule has 5 heteroatoms. The molecule has 1 aromatic heterocycles. The van der Waals surface area contributed by atoms with Gasteiger partial charge in [0, 0.05) is 5.02 Å². The fourth-order valence-corrected chi connectivity index (χ4v) is 3.22. The summed E-state index contributed by atoms with van der Waals surface area (Å²) < 4.78 is 1.16. The molecule has 0 aliphatic carbocycles. The Hall–Kier alpha value is -1.29. The number of aryl methyl sites for hydroxylation is 1. The second-order valence-electron chi connectivity index (χ2n) is 4.24. The lowest BCUT2D eigenvalue weighted by atomic mass is 10.2. The highest BCUT2D eigenvalue weighted by Gasteiger charge is 2.06. The van der Waals surface area contributed by atoms with Crippen LogP contribution in [0, 0.1) is 6.92 Å². The van der Waals surface area contributed by atoms with Crippen molar-refractivity contribution in [2.24, 2.45) is 0 Å². The first-order valence-corrected chi connectivity index (χ1v) is 7.28. The van der Waals surface area contributed by atoms with E-state index in [0.717, 1.165) is 21.0 Å². The number of aromatic nitrogens is 1. The van der Waals surface area contributed by atoms with Crippen molar-refractivity contribution in [3.05, 3.63) is 52.0 Å². The summed E-state index contributed by atoms with van der Waals surface area (Å²) in [5.74, 6) is 0. The van der Waals surface area contributed by atoms with Crippen molar-refractivity contribution < 1.29 is 0 Å². The van der Waals surface area contributed by atoms with Crippen LogP contribution in [-0.2, 0) is 0 Å². The average molecular weight is 309 g/mol. The number of hydrogen-bond donors (Lipinski definition) is 1. The molecular formula is C14H10Cl2N2S. The molecule has 0 saturated carbocycles. The Morgan fingerprint density at radius 2 is 1.95 bits per heavy atom. The first kappa shape index (κ1) is 12.7. The lowest BCUT2D eigenvalue weighted by Gasteiger charge is -2.04. The summed E-state index contributed by atoms with van der Waals surface area (Å²) in [5.41, 5.74) is 3.03. The summed E-state index contributed by atoms with van der Waals surface area (Å²) in [7, 11) is 0. The van der Waals surface area contributed by atoms with Crippen LogP contribution in [0.4, 0.5) is 10.8 Å². The number of halogens is 2. The molecule has 0 aliphatic rings. The Kier molecular flexibility index (Phi) is 3.35. The molecule has 2 aromatic carbocycles. The molecule has 19 heavy (non-hydrogen) atoms. The van der Waals surface area contributed by atoms with Gasteiger partial charge in [0.05, 0.1) is 20.9 Å². The summed E-state index contributed by atoms with van der Waals surface area (Å²) in [6.45, 7) is 2.07. The monoisotopic (exact) mass is 308 g/mol. The number of nitrogens with zero attached hydrogens (tertiary/aromatic N) is 1. The lowest BCUT2D eigenvalue weighted by Crippen LogP contribution is -1.89. The van der Waals surface area contributed by atoms with E-state index >= 15 is 0 Å². The van der Waals surface area contributed by atoms with Crippen molar-refractivity contribution in [1.29, 1.82) is 0 Å². The smallest absolute Gasteiger partial charge is 0.188 e. The van der Waals surface area contributed by atoms with Crippen molar-refractivity contribution in [2.45, 2.75) is 6.92 Å². The molecule has 0 saturated heterocycles. The number of anilines is 2. The van der Waals surface area contributed by atoms with Crippen molar-refractivity contribution in [3.8, 4) is 0 Å². The summed E-state index contributed by atoms with van der Waals surface area (Å²) in [6.07, 6.45) is 0. The predicted octanol–water partition coefficient (Wildman–Crippen LogP) is 5.66. The Balaban J connectivity index is 1.96.